The molecule has 0 aromatic rings. The van der Waals surface area contributed by atoms with Gasteiger partial charge in [0.05, 0.1) is 6.54 Å². The Morgan fingerprint density at radius 1 is 1.32 bits per heavy atom. The van der Waals surface area contributed by atoms with Gasteiger partial charge in [-0.2, -0.15) is 0 Å². The van der Waals surface area contributed by atoms with Crippen LogP contribution in [0.4, 0.5) is 8.78 Å². The lowest BCUT2D eigenvalue weighted by Gasteiger charge is -2.18. The molecule has 0 aliphatic heterocycles. The Hall–Kier alpha value is -0.220. The van der Waals surface area contributed by atoms with Gasteiger partial charge in [0.15, 0.2) is 5.96 Å². The number of hydrogen-bond donors (Lipinski definition) is 2. The highest BCUT2D eigenvalue weighted by Crippen LogP contribution is 1.88. The van der Waals surface area contributed by atoms with Crippen LogP contribution in [-0.2, 0) is 4.74 Å². The molecular formula is C11H25F2IN4O. The van der Waals surface area contributed by atoms with Crippen molar-refractivity contribution in [3.63, 3.8) is 0 Å². The summed E-state index contributed by atoms with van der Waals surface area (Å²) in [5.41, 5.74) is 0. The van der Waals surface area contributed by atoms with E-state index in [0.717, 1.165) is 26.1 Å². The molecule has 0 saturated heterocycles. The van der Waals surface area contributed by atoms with Crippen molar-refractivity contribution in [3.8, 4) is 0 Å². The van der Waals surface area contributed by atoms with E-state index in [0.29, 0.717) is 12.5 Å². The highest BCUT2D eigenvalue weighted by atomic mass is 127. The molecule has 19 heavy (non-hydrogen) atoms. The molecule has 0 heterocycles. The summed E-state index contributed by atoms with van der Waals surface area (Å²) in [6.07, 6.45) is -1.40. The van der Waals surface area contributed by atoms with Crippen LogP contribution in [0.1, 0.15) is 6.42 Å². The molecule has 0 bridgehead atoms. The topological polar surface area (TPSA) is 48.9 Å². The zero-order valence-electron chi connectivity index (χ0n) is 11.8. The second-order valence-electron chi connectivity index (χ2n) is 3.92. The third-order valence-electron chi connectivity index (χ3n) is 2.32. The van der Waals surface area contributed by atoms with Gasteiger partial charge in [-0.25, -0.2) is 8.78 Å². The maximum atomic E-state index is 12.0. The van der Waals surface area contributed by atoms with Crippen LogP contribution in [0.25, 0.3) is 0 Å². The van der Waals surface area contributed by atoms with Crippen molar-refractivity contribution in [2.45, 2.75) is 12.8 Å². The molecule has 0 aromatic heterocycles. The molecule has 0 fully saturated rings. The predicted molar refractivity (Wildman–Crippen MR) is 84.8 cm³/mol. The van der Waals surface area contributed by atoms with Crippen molar-refractivity contribution in [1.82, 2.24) is 15.5 Å². The molecule has 2 N–H and O–H groups in total. The van der Waals surface area contributed by atoms with Crippen LogP contribution in [0.5, 0.6) is 0 Å². The van der Waals surface area contributed by atoms with Gasteiger partial charge in [-0.05, 0) is 13.5 Å². The molecule has 0 atom stereocenters. The van der Waals surface area contributed by atoms with Gasteiger partial charge < -0.3 is 20.3 Å². The number of halogens is 3. The molecule has 0 spiro atoms. The molecule has 116 valence electrons. The second-order valence-corrected chi connectivity index (χ2v) is 3.92. The number of nitrogens with one attached hydrogen (secondary N) is 2. The Morgan fingerprint density at radius 2 is 2.00 bits per heavy atom. The number of hydrogen-bond acceptors (Lipinski definition) is 3. The summed E-state index contributed by atoms with van der Waals surface area (Å²) in [4.78, 5) is 6.00. The number of guanidine groups is 1. The summed E-state index contributed by atoms with van der Waals surface area (Å²) < 4.78 is 28.9. The van der Waals surface area contributed by atoms with Crippen LogP contribution in [0.2, 0.25) is 0 Å². The fourth-order valence-corrected chi connectivity index (χ4v) is 1.35. The first kappa shape index (κ1) is 21.1. The van der Waals surface area contributed by atoms with Crippen LogP contribution in [0.3, 0.4) is 0 Å². The Morgan fingerprint density at radius 3 is 2.53 bits per heavy atom. The number of methoxy groups -OCH3 is 1. The van der Waals surface area contributed by atoms with Gasteiger partial charge in [-0.1, -0.05) is 0 Å². The number of likely N-dealkylation sites (N-methyl/N-ethyl adjacent to an activating group) is 1. The van der Waals surface area contributed by atoms with Crippen molar-refractivity contribution in [2.75, 3.05) is 54.0 Å². The third-order valence-corrected chi connectivity index (χ3v) is 2.32. The van der Waals surface area contributed by atoms with Crippen molar-refractivity contribution in [3.05, 3.63) is 0 Å². The Bertz CT molecular complexity index is 233. The molecule has 8 heteroatoms. The average molecular weight is 394 g/mol. The first-order valence-corrected chi connectivity index (χ1v) is 6.00. The molecule has 0 aromatic carbocycles. The molecule has 0 unspecified atom stereocenters. The van der Waals surface area contributed by atoms with E-state index in [1.165, 1.54) is 0 Å². The Kier molecular flexibility index (Phi) is 15.8. The summed E-state index contributed by atoms with van der Waals surface area (Å²) >= 11 is 0. The van der Waals surface area contributed by atoms with Gasteiger partial charge in [0.1, 0.15) is 0 Å². The van der Waals surface area contributed by atoms with Crippen LogP contribution in [0, 0.1) is 0 Å². The zero-order valence-corrected chi connectivity index (χ0v) is 14.1. The Labute approximate surface area is 131 Å². The summed E-state index contributed by atoms with van der Waals surface area (Å²) in [6.45, 7) is 2.78. The molecule has 0 saturated carbocycles. The first-order valence-electron chi connectivity index (χ1n) is 6.00. The number of aliphatic imine (C=N–C) groups is 1. The fraction of sp³-hybridized carbons (Fsp3) is 0.909. The van der Waals surface area contributed by atoms with Crippen molar-refractivity contribution in [1.29, 1.82) is 0 Å². The SMILES string of the molecule is CN=C(NCCN(C)CCCOC)NCC(F)F.I. The van der Waals surface area contributed by atoms with E-state index in [1.54, 1.807) is 14.2 Å². The maximum absolute atomic E-state index is 12.0. The van der Waals surface area contributed by atoms with Crippen molar-refractivity contribution < 1.29 is 13.5 Å². The molecule has 5 nitrogen and oxygen atoms in total. The highest BCUT2D eigenvalue weighted by molar-refractivity contribution is 14.0. The summed E-state index contributed by atoms with van der Waals surface area (Å²) in [7, 11) is 5.25. The highest BCUT2D eigenvalue weighted by Gasteiger charge is 2.04. The van der Waals surface area contributed by atoms with Gasteiger partial charge >= 0.3 is 0 Å². The normalized spacial score (nSPS) is 11.6. The molecule has 0 amide bonds. The van der Waals surface area contributed by atoms with Crippen molar-refractivity contribution >= 4 is 29.9 Å². The lowest BCUT2D eigenvalue weighted by Crippen LogP contribution is -2.42. The average Bonchev–Trinajstić information content (AvgIpc) is 2.33. The van der Waals surface area contributed by atoms with E-state index >= 15 is 0 Å². The van der Waals surface area contributed by atoms with E-state index in [1.807, 2.05) is 7.05 Å². The standard InChI is InChI=1S/C11H24F2N4O.HI/c1-14-11(16-9-10(12)13)15-5-7-17(2)6-4-8-18-3;/h10H,4-9H2,1-3H3,(H2,14,15,16);1H. The lowest BCUT2D eigenvalue weighted by molar-refractivity contribution is 0.152. The Balaban J connectivity index is 0. The maximum Gasteiger partial charge on any atom is 0.255 e. The lowest BCUT2D eigenvalue weighted by atomic mass is 10.4. The second kappa shape index (κ2) is 14.2. The summed E-state index contributed by atoms with van der Waals surface area (Å²) in [6, 6.07) is 0. The quantitative estimate of drug-likeness (QED) is 0.265. The molecular weight excluding hydrogens is 369 g/mol. The van der Waals surface area contributed by atoms with Gasteiger partial charge in [0.25, 0.3) is 6.43 Å². The predicted octanol–water partition coefficient (Wildman–Crippen LogP) is 1.00. The number of alkyl halides is 2. The van der Waals surface area contributed by atoms with Crippen LogP contribution in [0.15, 0.2) is 4.99 Å². The minimum atomic E-state index is -2.37. The van der Waals surface area contributed by atoms with Crippen molar-refractivity contribution in [2.24, 2.45) is 4.99 Å². The van der Waals surface area contributed by atoms with E-state index in [2.05, 4.69) is 20.5 Å². The monoisotopic (exact) mass is 394 g/mol. The van der Waals surface area contributed by atoms with Gasteiger partial charge in [0.2, 0.25) is 0 Å². The van der Waals surface area contributed by atoms with Gasteiger partial charge in [-0.3, -0.25) is 4.99 Å². The molecule has 0 radical (unpaired) electrons. The summed E-state index contributed by atoms with van der Waals surface area (Å²) in [5.74, 6) is 0.403. The smallest absolute Gasteiger partial charge is 0.255 e. The van der Waals surface area contributed by atoms with E-state index < -0.39 is 6.43 Å². The van der Waals surface area contributed by atoms with Crippen LogP contribution < -0.4 is 10.6 Å². The largest absolute Gasteiger partial charge is 0.385 e. The summed E-state index contributed by atoms with van der Waals surface area (Å²) in [5, 5.41) is 5.52. The van der Waals surface area contributed by atoms with Gasteiger partial charge in [0, 0.05) is 40.4 Å². The third kappa shape index (κ3) is 14.0. The molecule has 0 rings (SSSR count). The minimum Gasteiger partial charge on any atom is -0.385 e. The van der Waals surface area contributed by atoms with Gasteiger partial charge in [-0.15, -0.1) is 24.0 Å². The fourth-order valence-electron chi connectivity index (χ4n) is 1.35. The number of rotatable bonds is 9. The van der Waals surface area contributed by atoms with E-state index in [9.17, 15) is 8.78 Å². The zero-order chi connectivity index (χ0) is 13.8. The number of ether oxygens (including phenoxy) is 1. The van der Waals surface area contributed by atoms with Crippen LogP contribution in [-0.4, -0.2) is 71.3 Å². The molecule has 0 aliphatic carbocycles. The molecule has 0 aliphatic rings. The van der Waals surface area contributed by atoms with Crippen LogP contribution >= 0.6 is 24.0 Å². The number of nitrogens with zero attached hydrogens (tertiary/aromatic N) is 2. The van der Waals surface area contributed by atoms with E-state index in [-0.39, 0.29) is 30.5 Å². The minimum absolute atomic E-state index is 0. The first-order chi connectivity index (χ1) is 8.60. The van der Waals surface area contributed by atoms with E-state index in [4.69, 9.17) is 4.74 Å².